The molecule has 170 valence electrons. The van der Waals surface area contributed by atoms with Crippen molar-refractivity contribution in [1.29, 1.82) is 0 Å². The van der Waals surface area contributed by atoms with Gasteiger partial charge in [0.05, 0.1) is 12.2 Å². The summed E-state index contributed by atoms with van der Waals surface area (Å²) >= 11 is 0. The summed E-state index contributed by atoms with van der Waals surface area (Å²) in [7, 11) is 1.73. The van der Waals surface area contributed by atoms with Crippen LogP contribution in [0.15, 0.2) is 24.5 Å². The lowest BCUT2D eigenvalue weighted by Crippen LogP contribution is -2.51. The molecule has 4 rings (SSSR count). The molecule has 1 N–H and O–H groups in total. The fourth-order valence-corrected chi connectivity index (χ4v) is 4.33. The van der Waals surface area contributed by atoms with Crippen LogP contribution in [0, 0.1) is 19.8 Å². The van der Waals surface area contributed by atoms with E-state index in [0.717, 1.165) is 16.9 Å². The Kier molecular flexibility index (Phi) is 5.90. The van der Waals surface area contributed by atoms with Crippen LogP contribution in [-0.2, 0) is 7.05 Å². The van der Waals surface area contributed by atoms with Gasteiger partial charge in [0.1, 0.15) is 11.3 Å². The summed E-state index contributed by atoms with van der Waals surface area (Å²) in [6.07, 6.45) is 4.37. The monoisotopic (exact) mass is 438 g/mol. The quantitative estimate of drug-likeness (QED) is 0.660. The molecule has 3 aromatic rings. The number of fused-ring (bicyclic) bond motifs is 1. The van der Waals surface area contributed by atoms with Gasteiger partial charge in [-0.2, -0.15) is 0 Å². The maximum atomic E-state index is 13.2. The molecule has 0 spiro atoms. The first kappa shape index (κ1) is 21.9. The summed E-state index contributed by atoms with van der Waals surface area (Å²) in [4.78, 5) is 32.3. The number of hydrogen-bond acceptors (Lipinski definition) is 5. The third-order valence-electron chi connectivity index (χ3n) is 6.11. The van der Waals surface area contributed by atoms with Crippen molar-refractivity contribution in [2.75, 3.05) is 19.7 Å². The largest absolute Gasteiger partial charge is 0.477 e. The van der Waals surface area contributed by atoms with E-state index in [1.807, 2.05) is 48.5 Å². The molecule has 0 unspecified atom stereocenters. The molecule has 0 saturated carbocycles. The first-order valence-electron chi connectivity index (χ1n) is 11.0. The zero-order valence-electron chi connectivity index (χ0n) is 19.3. The molecule has 0 bridgehead atoms. The summed E-state index contributed by atoms with van der Waals surface area (Å²) in [5.74, 6) is 0.386. The van der Waals surface area contributed by atoms with Gasteiger partial charge in [-0.3, -0.25) is 14.3 Å². The number of carbonyl (C=O) groups is 2. The lowest BCUT2D eigenvalue weighted by molar-refractivity contribution is 0.0631. The van der Waals surface area contributed by atoms with E-state index >= 15 is 0 Å². The van der Waals surface area contributed by atoms with Gasteiger partial charge >= 0.3 is 0 Å². The van der Waals surface area contributed by atoms with Crippen molar-refractivity contribution < 1.29 is 14.3 Å². The molecule has 32 heavy (non-hydrogen) atoms. The zero-order valence-corrected chi connectivity index (χ0v) is 19.3. The van der Waals surface area contributed by atoms with Gasteiger partial charge in [0.25, 0.3) is 11.8 Å². The molecular formula is C23H30N6O3. The number of nitrogens with one attached hydrogen (secondary N) is 1. The van der Waals surface area contributed by atoms with E-state index in [0.29, 0.717) is 43.3 Å². The molecule has 9 nitrogen and oxygen atoms in total. The fourth-order valence-electron chi connectivity index (χ4n) is 4.33. The number of imidazole rings is 1. The molecule has 0 radical (unpaired) electrons. The predicted octanol–water partition coefficient (Wildman–Crippen LogP) is 2.36. The highest BCUT2D eigenvalue weighted by Gasteiger charge is 2.31. The maximum Gasteiger partial charge on any atom is 0.269 e. The fraction of sp³-hybridized carbons (Fsp3) is 0.478. The van der Waals surface area contributed by atoms with Gasteiger partial charge in [-0.1, -0.05) is 6.92 Å². The molecule has 1 saturated heterocycles. The Bertz CT molecular complexity index is 1160. The number of ether oxygens (including phenoxy) is 1. The Hall–Kier alpha value is -3.36. The third-order valence-corrected chi connectivity index (χ3v) is 6.11. The number of piperidine rings is 1. The van der Waals surface area contributed by atoms with E-state index in [2.05, 4.69) is 22.3 Å². The van der Waals surface area contributed by atoms with Gasteiger partial charge in [0.15, 0.2) is 0 Å². The molecule has 2 amide bonds. The van der Waals surface area contributed by atoms with E-state index in [1.54, 1.807) is 13.1 Å². The molecule has 2 atom stereocenters. The number of aryl methyl sites for hydroxylation is 3. The van der Waals surface area contributed by atoms with E-state index in [1.165, 1.54) is 4.68 Å². The Labute approximate surface area is 187 Å². The Balaban J connectivity index is 1.42. The molecule has 1 fully saturated rings. The number of aromatic nitrogens is 4. The van der Waals surface area contributed by atoms with Crippen LogP contribution >= 0.6 is 0 Å². The van der Waals surface area contributed by atoms with Gasteiger partial charge in [0.2, 0.25) is 5.88 Å². The highest BCUT2D eigenvalue weighted by molar-refractivity contribution is 5.95. The average molecular weight is 439 g/mol. The van der Waals surface area contributed by atoms with Crippen molar-refractivity contribution in [3.63, 3.8) is 0 Å². The van der Waals surface area contributed by atoms with Crippen LogP contribution in [0.1, 0.15) is 52.4 Å². The minimum Gasteiger partial charge on any atom is -0.477 e. The normalized spacial score (nSPS) is 18.7. The number of amides is 2. The number of nitrogens with zero attached hydrogens (tertiary/aromatic N) is 5. The first-order valence-corrected chi connectivity index (χ1v) is 11.0. The number of hydrogen-bond donors (Lipinski definition) is 1. The highest BCUT2D eigenvalue weighted by atomic mass is 16.5. The van der Waals surface area contributed by atoms with Crippen LogP contribution in [0.4, 0.5) is 0 Å². The van der Waals surface area contributed by atoms with Crippen LogP contribution in [-0.4, -0.2) is 61.6 Å². The molecule has 9 heteroatoms. The van der Waals surface area contributed by atoms with E-state index in [-0.39, 0.29) is 23.8 Å². The topological polar surface area (TPSA) is 93.8 Å². The highest BCUT2D eigenvalue weighted by Crippen LogP contribution is 2.22. The van der Waals surface area contributed by atoms with Crippen molar-refractivity contribution in [1.82, 2.24) is 29.4 Å². The summed E-state index contributed by atoms with van der Waals surface area (Å²) in [6, 6.07) is 3.54. The molecule has 3 aromatic heterocycles. The van der Waals surface area contributed by atoms with Crippen molar-refractivity contribution in [2.24, 2.45) is 13.0 Å². The average Bonchev–Trinajstić information content (AvgIpc) is 3.32. The number of pyridine rings is 1. The maximum absolute atomic E-state index is 13.2. The number of carbonyl (C=O) groups excluding carboxylic acids is 2. The number of rotatable bonds is 5. The van der Waals surface area contributed by atoms with E-state index in [9.17, 15) is 9.59 Å². The van der Waals surface area contributed by atoms with E-state index in [4.69, 9.17) is 4.74 Å². The van der Waals surface area contributed by atoms with Crippen LogP contribution in [0.25, 0.3) is 5.65 Å². The van der Waals surface area contributed by atoms with Crippen LogP contribution in [0.3, 0.4) is 0 Å². The Morgan fingerprint density at radius 1 is 1.28 bits per heavy atom. The standard InChI is InChI=1S/C23H30N6O3/c1-6-32-20-10-19(27(5)26-20)22(30)25-18-7-8-28(12-15(18)3)23(31)17-9-14(2)21-24-11-16(4)29(21)13-17/h9-11,13,15,18H,6-8,12H2,1-5H3,(H,25,30)/t15-,18+/m0/s1. The predicted molar refractivity (Wildman–Crippen MR) is 120 cm³/mol. The van der Waals surface area contributed by atoms with Gasteiger partial charge < -0.3 is 19.4 Å². The van der Waals surface area contributed by atoms with Crippen molar-refractivity contribution >= 4 is 17.5 Å². The van der Waals surface area contributed by atoms with Crippen LogP contribution < -0.4 is 10.1 Å². The van der Waals surface area contributed by atoms with Gasteiger partial charge in [-0.15, -0.1) is 5.10 Å². The molecule has 1 aliphatic heterocycles. The summed E-state index contributed by atoms with van der Waals surface area (Å²) in [6.45, 7) is 9.55. The summed E-state index contributed by atoms with van der Waals surface area (Å²) < 4.78 is 8.88. The minimum absolute atomic E-state index is 0.00715. The third kappa shape index (κ3) is 4.06. The van der Waals surface area contributed by atoms with Crippen molar-refractivity contribution in [3.8, 4) is 5.88 Å². The van der Waals surface area contributed by atoms with Crippen LogP contribution in [0.5, 0.6) is 5.88 Å². The van der Waals surface area contributed by atoms with Gasteiger partial charge in [-0.25, -0.2) is 4.98 Å². The van der Waals surface area contributed by atoms with Crippen molar-refractivity contribution in [2.45, 2.75) is 40.2 Å². The minimum atomic E-state index is -0.181. The molecular weight excluding hydrogens is 408 g/mol. The number of likely N-dealkylation sites (tertiary alicyclic amines) is 1. The molecule has 4 heterocycles. The van der Waals surface area contributed by atoms with Gasteiger partial charge in [0, 0.05) is 50.3 Å². The summed E-state index contributed by atoms with van der Waals surface area (Å²) in [5.41, 5.74) is 3.95. The van der Waals surface area contributed by atoms with Gasteiger partial charge in [-0.05, 0) is 44.7 Å². The Morgan fingerprint density at radius 2 is 2.06 bits per heavy atom. The second kappa shape index (κ2) is 8.64. The molecule has 0 aromatic carbocycles. The smallest absolute Gasteiger partial charge is 0.269 e. The van der Waals surface area contributed by atoms with Crippen molar-refractivity contribution in [3.05, 3.63) is 47.0 Å². The van der Waals surface area contributed by atoms with E-state index < -0.39 is 0 Å². The molecule has 0 aliphatic carbocycles. The molecule has 1 aliphatic rings. The first-order chi connectivity index (χ1) is 15.3. The second-order valence-electron chi connectivity index (χ2n) is 8.53. The lowest BCUT2D eigenvalue weighted by Gasteiger charge is -2.37. The summed E-state index contributed by atoms with van der Waals surface area (Å²) in [5, 5.41) is 7.32. The lowest BCUT2D eigenvalue weighted by atomic mass is 9.93. The second-order valence-corrected chi connectivity index (χ2v) is 8.53. The zero-order chi connectivity index (χ0) is 23.0. The van der Waals surface area contributed by atoms with Crippen LogP contribution in [0.2, 0.25) is 0 Å². The SMILES string of the molecule is CCOc1cc(C(=O)N[C@@H]2CCN(C(=O)c3cc(C)c4ncc(C)n4c3)C[C@@H]2C)n(C)n1. The Morgan fingerprint density at radius 3 is 2.78 bits per heavy atom.